The third kappa shape index (κ3) is 3.09. The van der Waals surface area contributed by atoms with Crippen molar-refractivity contribution in [3.05, 3.63) is 58.7 Å². The van der Waals surface area contributed by atoms with Crippen molar-refractivity contribution in [1.29, 1.82) is 0 Å². The summed E-state index contributed by atoms with van der Waals surface area (Å²) in [4.78, 5) is 18.6. The summed E-state index contributed by atoms with van der Waals surface area (Å²) < 4.78 is 2.38. The van der Waals surface area contributed by atoms with Crippen LogP contribution in [0.15, 0.2) is 41.8 Å². The maximum atomic E-state index is 13.1. The molecule has 0 unspecified atom stereocenters. The van der Waals surface area contributed by atoms with Gasteiger partial charge in [0.2, 0.25) is 0 Å². The van der Waals surface area contributed by atoms with Crippen LogP contribution >= 0.6 is 11.3 Å². The van der Waals surface area contributed by atoms with Crippen molar-refractivity contribution >= 4 is 17.2 Å². The maximum Gasteiger partial charge on any atom is 0.254 e. The van der Waals surface area contributed by atoms with E-state index >= 15 is 0 Å². The number of thiophene rings is 1. The Balaban J connectivity index is 1.45. The van der Waals surface area contributed by atoms with Crippen molar-refractivity contribution in [2.45, 2.75) is 31.8 Å². The predicted octanol–water partition coefficient (Wildman–Crippen LogP) is 3.39. The minimum absolute atomic E-state index is 0.0618. The van der Waals surface area contributed by atoms with Gasteiger partial charge in [-0.2, -0.15) is 0 Å². The van der Waals surface area contributed by atoms with Gasteiger partial charge in [-0.25, -0.2) is 0 Å². The van der Waals surface area contributed by atoms with Crippen LogP contribution in [0.2, 0.25) is 0 Å². The van der Waals surface area contributed by atoms with Crippen molar-refractivity contribution in [2.75, 3.05) is 26.7 Å². The molecular weight excluding hydrogens is 382 g/mol. The summed E-state index contributed by atoms with van der Waals surface area (Å²) in [6, 6.07) is 12.0. The average Bonchev–Trinajstić information content (AvgIpc) is 3.38. The number of nitrogens with zero attached hydrogens (tertiary/aromatic N) is 5. The number of aromatic nitrogens is 3. The molecule has 4 heterocycles. The molecule has 7 heteroatoms. The summed E-state index contributed by atoms with van der Waals surface area (Å²) in [6.07, 6.45) is 1.83. The first-order chi connectivity index (χ1) is 14.1. The Labute approximate surface area is 174 Å². The lowest BCUT2D eigenvalue weighted by atomic mass is 9.84. The third-order valence-electron chi connectivity index (χ3n) is 6.28. The topological polar surface area (TPSA) is 54.3 Å². The van der Waals surface area contributed by atoms with E-state index in [2.05, 4.69) is 44.2 Å². The molecule has 0 atom stereocenters. The fraction of sp³-hybridized carbons (Fsp3) is 0.409. The van der Waals surface area contributed by atoms with Crippen molar-refractivity contribution in [2.24, 2.45) is 0 Å². The zero-order valence-corrected chi connectivity index (χ0v) is 17.7. The molecule has 0 aliphatic carbocycles. The third-order valence-corrected chi connectivity index (χ3v) is 7.14. The summed E-state index contributed by atoms with van der Waals surface area (Å²) in [5.41, 5.74) is 1.79. The number of aryl methyl sites for hydroxylation is 1. The zero-order chi connectivity index (χ0) is 20.0. The molecule has 0 radical (unpaired) electrons. The van der Waals surface area contributed by atoms with Crippen molar-refractivity contribution in [3.8, 4) is 10.7 Å². The Bertz CT molecular complexity index is 1030. The molecule has 2 aliphatic rings. The Morgan fingerprint density at radius 1 is 1.10 bits per heavy atom. The number of amides is 1. The number of likely N-dealkylation sites (N-methyl/N-ethyl adjacent to an activating group) is 1. The molecule has 0 N–H and O–H groups in total. The monoisotopic (exact) mass is 407 g/mol. The number of likely N-dealkylation sites (tertiary alicyclic amines) is 1. The van der Waals surface area contributed by atoms with Gasteiger partial charge in [0.15, 0.2) is 5.82 Å². The number of benzene rings is 1. The molecule has 2 aliphatic heterocycles. The highest BCUT2D eigenvalue weighted by Crippen LogP contribution is 2.40. The van der Waals surface area contributed by atoms with Crippen LogP contribution in [-0.4, -0.2) is 57.2 Å². The number of piperidine rings is 1. The molecule has 6 nitrogen and oxygen atoms in total. The van der Waals surface area contributed by atoms with Crippen LogP contribution in [0.3, 0.4) is 0 Å². The van der Waals surface area contributed by atoms with Gasteiger partial charge in [-0.15, -0.1) is 21.5 Å². The van der Waals surface area contributed by atoms with Gasteiger partial charge in [0.25, 0.3) is 5.91 Å². The van der Waals surface area contributed by atoms with Crippen molar-refractivity contribution in [1.82, 2.24) is 24.6 Å². The molecule has 1 spiro atoms. The summed E-state index contributed by atoms with van der Waals surface area (Å²) >= 11 is 1.70. The minimum atomic E-state index is -0.0618. The number of hydrogen-bond acceptors (Lipinski definition) is 5. The highest BCUT2D eigenvalue weighted by Gasteiger charge is 2.44. The van der Waals surface area contributed by atoms with E-state index in [1.165, 1.54) is 0 Å². The Hall–Kier alpha value is -2.51. The molecule has 1 fully saturated rings. The molecule has 3 aromatic rings. The van der Waals surface area contributed by atoms with Gasteiger partial charge in [-0.3, -0.25) is 9.69 Å². The molecule has 1 amide bonds. The molecule has 1 aromatic carbocycles. The first-order valence-corrected chi connectivity index (χ1v) is 11.0. The highest BCUT2D eigenvalue weighted by molar-refractivity contribution is 7.13. The van der Waals surface area contributed by atoms with Gasteiger partial charge in [0.1, 0.15) is 5.82 Å². The van der Waals surface area contributed by atoms with Crippen molar-refractivity contribution in [3.63, 3.8) is 0 Å². The lowest BCUT2D eigenvalue weighted by Crippen LogP contribution is -2.56. The van der Waals surface area contributed by atoms with Crippen LogP contribution in [0, 0.1) is 6.92 Å². The molecule has 0 saturated carbocycles. The number of carbonyl (C=O) groups is 1. The number of hydrogen-bond donors (Lipinski definition) is 0. The van der Waals surface area contributed by atoms with E-state index < -0.39 is 0 Å². The second kappa shape index (κ2) is 7.07. The smallest absolute Gasteiger partial charge is 0.254 e. The Kier molecular flexibility index (Phi) is 4.52. The molecular formula is C22H25N5OS. The molecule has 29 heavy (non-hydrogen) atoms. The number of rotatable bonds is 2. The molecule has 150 valence electrons. The van der Waals surface area contributed by atoms with E-state index in [1.54, 1.807) is 11.3 Å². The molecule has 0 bridgehead atoms. The second-order valence-electron chi connectivity index (χ2n) is 8.26. The fourth-order valence-corrected chi connectivity index (χ4v) is 5.54. The summed E-state index contributed by atoms with van der Waals surface area (Å²) in [6.45, 7) is 5.28. The van der Waals surface area contributed by atoms with Crippen molar-refractivity contribution < 1.29 is 4.79 Å². The largest absolute Gasteiger partial charge is 0.338 e. The van der Waals surface area contributed by atoms with Gasteiger partial charge < -0.3 is 9.47 Å². The van der Waals surface area contributed by atoms with Crippen LogP contribution in [0.5, 0.6) is 0 Å². The first kappa shape index (κ1) is 18.5. The Morgan fingerprint density at radius 2 is 1.90 bits per heavy atom. The van der Waals surface area contributed by atoms with Crippen LogP contribution in [0.4, 0.5) is 0 Å². The van der Waals surface area contributed by atoms with E-state index in [0.717, 1.165) is 66.7 Å². The van der Waals surface area contributed by atoms with E-state index in [1.807, 2.05) is 36.1 Å². The lowest BCUT2D eigenvalue weighted by Gasteiger charge is -2.48. The van der Waals surface area contributed by atoms with Gasteiger partial charge in [-0.05, 0) is 49.9 Å². The standard InChI is InChI=1S/C22H25N5OS/c1-16-6-3-4-7-17(16)21(28)26-11-9-22(10-12-26)15-25(2)14-19-23-24-20(27(19)22)18-8-5-13-29-18/h3-8,13H,9-12,14-15H2,1-2H3. The maximum absolute atomic E-state index is 13.1. The number of carbonyl (C=O) groups excluding carboxylic acids is 1. The van der Waals surface area contributed by atoms with E-state index in [0.29, 0.717) is 0 Å². The van der Waals surface area contributed by atoms with Gasteiger partial charge in [0, 0.05) is 25.2 Å². The van der Waals surface area contributed by atoms with E-state index in [4.69, 9.17) is 0 Å². The van der Waals surface area contributed by atoms with Crippen LogP contribution < -0.4 is 0 Å². The Morgan fingerprint density at radius 3 is 2.62 bits per heavy atom. The summed E-state index contributed by atoms with van der Waals surface area (Å²) in [7, 11) is 2.15. The quantitative estimate of drug-likeness (QED) is 0.653. The second-order valence-corrected chi connectivity index (χ2v) is 9.20. The normalized spacial score (nSPS) is 18.8. The van der Waals surface area contributed by atoms with Gasteiger partial charge in [-0.1, -0.05) is 24.3 Å². The lowest BCUT2D eigenvalue weighted by molar-refractivity contribution is 0.0409. The predicted molar refractivity (Wildman–Crippen MR) is 114 cm³/mol. The van der Waals surface area contributed by atoms with Crippen LogP contribution in [0.25, 0.3) is 10.7 Å². The number of fused-ring (bicyclic) bond motifs is 2. The van der Waals surface area contributed by atoms with E-state index in [-0.39, 0.29) is 11.4 Å². The minimum Gasteiger partial charge on any atom is -0.338 e. The van der Waals surface area contributed by atoms with Gasteiger partial charge >= 0.3 is 0 Å². The van der Waals surface area contributed by atoms with Crippen LogP contribution in [-0.2, 0) is 12.1 Å². The van der Waals surface area contributed by atoms with Crippen LogP contribution in [0.1, 0.15) is 34.6 Å². The highest BCUT2D eigenvalue weighted by atomic mass is 32.1. The first-order valence-electron chi connectivity index (χ1n) is 10.1. The average molecular weight is 408 g/mol. The fourth-order valence-electron chi connectivity index (χ4n) is 4.84. The van der Waals surface area contributed by atoms with E-state index in [9.17, 15) is 4.79 Å². The SMILES string of the molecule is Cc1ccccc1C(=O)N1CCC2(CC1)CN(C)Cc1nnc(-c3cccs3)n12. The molecule has 5 rings (SSSR count). The summed E-state index contributed by atoms with van der Waals surface area (Å²) in [5, 5.41) is 11.2. The summed E-state index contributed by atoms with van der Waals surface area (Å²) in [5.74, 6) is 2.15. The zero-order valence-electron chi connectivity index (χ0n) is 16.8. The molecule has 1 saturated heterocycles. The van der Waals surface area contributed by atoms with Gasteiger partial charge in [0.05, 0.1) is 17.0 Å². The molecule has 2 aromatic heterocycles.